The maximum absolute atomic E-state index is 13.3. The second kappa shape index (κ2) is 12.8. The van der Waals surface area contributed by atoms with Crippen LogP contribution in [0.1, 0.15) is 72.1 Å². The number of carbonyl (C=O) groups excluding carboxylic acids is 2. The predicted octanol–water partition coefficient (Wildman–Crippen LogP) is 7.93. The zero-order valence-electron chi connectivity index (χ0n) is 27.1. The van der Waals surface area contributed by atoms with E-state index >= 15 is 0 Å². The first kappa shape index (κ1) is 31.7. The number of aromatic nitrogens is 2. The van der Waals surface area contributed by atoms with Gasteiger partial charge >= 0.3 is 6.09 Å². The van der Waals surface area contributed by atoms with Crippen LogP contribution in [0.4, 0.5) is 10.5 Å². The van der Waals surface area contributed by atoms with Crippen molar-refractivity contribution in [2.75, 3.05) is 24.7 Å². The molecule has 0 spiro atoms. The molecule has 1 saturated carbocycles. The highest BCUT2D eigenvalue weighted by Gasteiger charge is 2.48. The molecule has 0 radical (unpaired) electrons. The van der Waals surface area contributed by atoms with Crippen LogP contribution in [0, 0.1) is 19.8 Å². The Morgan fingerprint density at radius 3 is 2.70 bits per heavy atom. The molecule has 0 bridgehead atoms. The summed E-state index contributed by atoms with van der Waals surface area (Å²) in [6, 6.07) is 17.4. The van der Waals surface area contributed by atoms with Crippen molar-refractivity contribution in [1.82, 2.24) is 15.1 Å². The van der Waals surface area contributed by atoms with E-state index in [1.807, 2.05) is 88.1 Å². The minimum absolute atomic E-state index is 0.127. The molecule has 9 heteroatoms. The number of nitrogens with one attached hydrogen (secondary N) is 1. The highest BCUT2D eigenvalue weighted by molar-refractivity contribution is 6.31. The number of fused-ring (bicyclic) bond motifs is 3. The zero-order chi connectivity index (χ0) is 32.6. The Balaban J connectivity index is 1.16. The van der Waals surface area contributed by atoms with Crippen molar-refractivity contribution in [1.29, 1.82) is 0 Å². The topological polar surface area (TPSA) is 85.7 Å². The molecule has 2 heterocycles. The molecule has 1 aliphatic heterocycles. The lowest BCUT2D eigenvalue weighted by atomic mass is 9.93. The van der Waals surface area contributed by atoms with Crippen LogP contribution >= 0.6 is 11.6 Å². The summed E-state index contributed by atoms with van der Waals surface area (Å²) in [6.07, 6.45) is 5.35. The standard InChI is InChI=1S/C37H41ClN4O4/c1-6-37(4,5)40-35(43)25-13-14-31(38)27(17-25)20-41-21-28(19-39-41)29-10-8-11-32-34(29)30-18-26(30)22-42(32)36(44)46-16-15-45-33-12-7-9-23(2)24(33)3/h7-14,17,19,21,26,30H,6,15-16,18,20,22H2,1-5H3,(H,40,43)/t26-,30-/m0/s1. The molecule has 46 heavy (non-hydrogen) atoms. The fourth-order valence-corrected chi connectivity index (χ4v) is 6.22. The molecule has 6 rings (SSSR count). The van der Waals surface area contributed by atoms with Crippen LogP contribution in [-0.4, -0.2) is 47.1 Å². The molecule has 0 saturated heterocycles. The van der Waals surface area contributed by atoms with Crippen molar-refractivity contribution in [3.63, 3.8) is 0 Å². The van der Waals surface area contributed by atoms with E-state index in [0.717, 1.165) is 57.7 Å². The number of rotatable bonds is 10. The highest BCUT2D eigenvalue weighted by atomic mass is 35.5. The summed E-state index contributed by atoms with van der Waals surface area (Å²) in [5, 5.41) is 8.31. The Hall–Kier alpha value is -4.30. The maximum atomic E-state index is 13.3. The van der Waals surface area contributed by atoms with Gasteiger partial charge in [-0.3, -0.25) is 14.4 Å². The van der Waals surface area contributed by atoms with Crippen LogP contribution in [-0.2, 0) is 11.3 Å². The molecule has 3 aromatic carbocycles. The SMILES string of the molecule is CCC(C)(C)NC(=O)c1ccc(Cl)c(Cn2cc(-c3cccc4c3[C@H]3C[C@H]3CN4C(=O)OCCOc3cccc(C)c3C)cn2)c1. The molecular weight excluding hydrogens is 600 g/mol. The van der Waals surface area contributed by atoms with Gasteiger partial charge in [-0.2, -0.15) is 5.10 Å². The molecule has 2 aliphatic rings. The monoisotopic (exact) mass is 640 g/mol. The van der Waals surface area contributed by atoms with Crippen molar-refractivity contribution >= 4 is 29.3 Å². The van der Waals surface area contributed by atoms with Gasteiger partial charge in [0.2, 0.25) is 0 Å². The number of halogens is 1. The van der Waals surface area contributed by atoms with Crippen molar-refractivity contribution < 1.29 is 19.1 Å². The highest BCUT2D eigenvalue weighted by Crippen LogP contribution is 2.57. The summed E-state index contributed by atoms with van der Waals surface area (Å²) in [5.74, 6) is 1.50. The van der Waals surface area contributed by atoms with Gasteiger partial charge in [-0.25, -0.2) is 4.79 Å². The van der Waals surface area contributed by atoms with E-state index in [9.17, 15) is 9.59 Å². The molecule has 1 aliphatic carbocycles. The van der Waals surface area contributed by atoms with E-state index in [1.165, 1.54) is 0 Å². The van der Waals surface area contributed by atoms with Crippen LogP contribution in [0.5, 0.6) is 5.75 Å². The summed E-state index contributed by atoms with van der Waals surface area (Å²) in [7, 11) is 0. The Labute approximate surface area is 275 Å². The van der Waals surface area contributed by atoms with E-state index in [2.05, 4.69) is 16.5 Å². The normalized spacial score (nSPS) is 16.8. The van der Waals surface area contributed by atoms with Gasteiger partial charge in [0, 0.05) is 34.4 Å². The molecule has 0 unspecified atom stereocenters. The van der Waals surface area contributed by atoms with Gasteiger partial charge in [-0.15, -0.1) is 0 Å². The number of hydrogen-bond donors (Lipinski definition) is 1. The second-order valence-corrected chi connectivity index (χ2v) is 13.4. The van der Waals surface area contributed by atoms with Gasteiger partial charge < -0.3 is 14.8 Å². The fourth-order valence-electron chi connectivity index (χ4n) is 6.05. The Morgan fingerprint density at radius 2 is 1.89 bits per heavy atom. The van der Waals surface area contributed by atoms with Crippen LogP contribution in [0.15, 0.2) is 67.0 Å². The summed E-state index contributed by atoms with van der Waals surface area (Å²) < 4.78 is 13.4. The van der Waals surface area contributed by atoms with E-state index < -0.39 is 0 Å². The van der Waals surface area contributed by atoms with Gasteiger partial charge in [0.1, 0.15) is 19.0 Å². The van der Waals surface area contributed by atoms with Crippen LogP contribution < -0.4 is 15.0 Å². The van der Waals surface area contributed by atoms with E-state index in [1.54, 1.807) is 17.0 Å². The fraction of sp³-hybridized carbons (Fsp3) is 0.378. The van der Waals surface area contributed by atoms with Gasteiger partial charge in [-0.1, -0.05) is 42.8 Å². The third-order valence-electron chi connectivity index (χ3n) is 9.35. The molecule has 1 N–H and O–H groups in total. The van der Waals surface area contributed by atoms with Gasteiger partial charge in [0.15, 0.2) is 0 Å². The van der Waals surface area contributed by atoms with Crippen molar-refractivity contribution in [3.8, 4) is 16.9 Å². The zero-order valence-corrected chi connectivity index (χ0v) is 27.9. The number of nitrogens with zero attached hydrogens (tertiary/aromatic N) is 3. The van der Waals surface area contributed by atoms with Crippen molar-refractivity contribution in [3.05, 3.63) is 99.8 Å². The summed E-state index contributed by atoms with van der Waals surface area (Å²) in [4.78, 5) is 28.0. The third-order valence-corrected chi connectivity index (χ3v) is 9.72. The van der Waals surface area contributed by atoms with Crippen molar-refractivity contribution in [2.45, 2.75) is 65.5 Å². The Morgan fingerprint density at radius 1 is 1.09 bits per heavy atom. The Bertz CT molecular complexity index is 1780. The molecular formula is C37H41ClN4O4. The van der Waals surface area contributed by atoms with E-state index in [0.29, 0.717) is 35.5 Å². The average molecular weight is 641 g/mol. The number of carbonyl (C=O) groups is 2. The lowest BCUT2D eigenvalue weighted by Crippen LogP contribution is -2.42. The number of aryl methyl sites for hydroxylation is 1. The van der Waals surface area contributed by atoms with E-state index in [4.69, 9.17) is 21.1 Å². The first-order chi connectivity index (χ1) is 22.0. The molecule has 240 valence electrons. The lowest BCUT2D eigenvalue weighted by Gasteiger charge is -2.29. The summed E-state index contributed by atoms with van der Waals surface area (Å²) >= 11 is 6.56. The molecule has 1 aromatic heterocycles. The quantitative estimate of drug-likeness (QED) is 0.178. The minimum Gasteiger partial charge on any atom is -0.490 e. The lowest BCUT2D eigenvalue weighted by molar-refractivity contribution is 0.0911. The van der Waals surface area contributed by atoms with Crippen LogP contribution in [0.3, 0.4) is 0 Å². The molecule has 2 amide bonds. The number of amides is 2. The van der Waals surface area contributed by atoms with Crippen molar-refractivity contribution in [2.24, 2.45) is 5.92 Å². The number of hydrogen-bond acceptors (Lipinski definition) is 5. The second-order valence-electron chi connectivity index (χ2n) is 13.0. The predicted molar refractivity (Wildman–Crippen MR) is 181 cm³/mol. The minimum atomic E-state index is -0.357. The first-order valence-electron chi connectivity index (χ1n) is 15.9. The third kappa shape index (κ3) is 6.63. The molecule has 8 nitrogen and oxygen atoms in total. The largest absolute Gasteiger partial charge is 0.490 e. The van der Waals surface area contributed by atoms with Crippen LogP contribution in [0.2, 0.25) is 5.02 Å². The average Bonchev–Trinajstić information content (AvgIpc) is 3.69. The van der Waals surface area contributed by atoms with Crippen LogP contribution in [0.25, 0.3) is 11.1 Å². The molecule has 1 fully saturated rings. The first-order valence-corrected chi connectivity index (χ1v) is 16.3. The molecule has 2 atom stereocenters. The van der Waals surface area contributed by atoms with Gasteiger partial charge in [0.25, 0.3) is 5.91 Å². The summed E-state index contributed by atoms with van der Waals surface area (Å²) in [5.41, 5.74) is 7.41. The molecule has 4 aromatic rings. The maximum Gasteiger partial charge on any atom is 0.414 e. The number of ether oxygens (including phenoxy) is 2. The number of benzene rings is 3. The number of anilines is 1. The summed E-state index contributed by atoms with van der Waals surface area (Å²) in [6.45, 7) is 11.6. The van der Waals surface area contributed by atoms with Gasteiger partial charge in [-0.05, 0) is 111 Å². The smallest absolute Gasteiger partial charge is 0.414 e. The Kier molecular flexibility index (Phi) is 8.84. The van der Waals surface area contributed by atoms with Gasteiger partial charge in [0.05, 0.1) is 18.4 Å². The van der Waals surface area contributed by atoms with E-state index in [-0.39, 0.29) is 30.8 Å².